The average Bonchev–Trinajstić information content (AvgIpc) is 2.13. The van der Waals surface area contributed by atoms with Crippen molar-refractivity contribution in [3.8, 4) is 0 Å². The quantitative estimate of drug-likeness (QED) is 0.835. The molecule has 0 radical (unpaired) electrons. The summed E-state index contributed by atoms with van der Waals surface area (Å²) < 4.78 is 2.20. The van der Waals surface area contributed by atoms with Gasteiger partial charge >= 0.3 is 0 Å². The first-order chi connectivity index (χ1) is 4.24. The molecule has 9 heavy (non-hydrogen) atoms. The van der Waals surface area contributed by atoms with Gasteiger partial charge in [-0.25, -0.2) is 0 Å². The molecule has 0 saturated heterocycles. The van der Waals surface area contributed by atoms with E-state index in [4.69, 9.17) is 5.73 Å². The second-order valence-electron chi connectivity index (χ2n) is 1.54. The molecule has 0 bridgehead atoms. The van der Waals surface area contributed by atoms with Crippen molar-refractivity contribution >= 4 is 43.2 Å². The molecule has 50 valence electrons. The summed E-state index contributed by atoms with van der Waals surface area (Å²) in [5.74, 6) is 0. The first-order valence-electron chi connectivity index (χ1n) is 2.38. The summed E-state index contributed by atoms with van der Waals surface area (Å²) in [5, 5.41) is 0. The minimum absolute atomic E-state index is 0.620. The van der Waals surface area contributed by atoms with Crippen LogP contribution in [0.3, 0.4) is 0 Å². The van der Waals surface area contributed by atoms with E-state index in [2.05, 4.69) is 31.9 Å². The van der Waals surface area contributed by atoms with Crippen molar-refractivity contribution in [1.82, 2.24) is 0 Å². The normalized spacial score (nSPS) is 10.1. The maximum absolute atomic E-state index is 5.40. The van der Waals surface area contributed by atoms with Gasteiger partial charge in [-0.2, -0.15) is 0 Å². The molecule has 1 nitrogen and oxygen atoms in total. The molecule has 0 fully saturated rings. The second kappa shape index (κ2) is 3.14. The van der Waals surface area contributed by atoms with E-state index in [9.17, 15) is 0 Å². The maximum Gasteiger partial charge on any atom is 0.0843 e. The van der Waals surface area contributed by atoms with Gasteiger partial charge in [0.1, 0.15) is 0 Å². The minimum atomic E-state index is 0.620. The van der Waals surface area contributed by atoms with Crippen molar-refractivity contribution in [3.63, 3.8) is 0 Å². The van der Waals surface area contributed by atoms with E-state index in [1.54, 1.807) is 11.3 Å². The molecule has 0 aliphatic rings. The van der Waals surface area contributed by atoms with Crippen molar-refractivity contribution in [2.75, 3.05) is 0 Å². The summed E-state index contributed by atoms with van der Waals surface area (Å²) in [7, 11) is 0. The summed E-state index contributed by atoms with van der Waals surface area (Å²) in [5.41, 5.74) is 5.40. The van der Waals surface area contributed by atoms with Crippen LogP contribution in [0.1, 0.15) is 4.88 Å². The van der Waals surface area contributed by atoms with Crippen LogP contribution in [0.15, 0.2) is 14.3 Å². The predicted molar refractivity (Wildman–Crippen MR) is 47.6 cm³/mol. The van der Waals surface area contributed by atoms with E-state index in [0.717, 1.165) is 8.26 Å². The van der Waals surface area contributed by atoms with Crippen molar-refractivity contribution < 1.29 is 0 Å². The Balaban J connectivity index is 2.98. The standard InChI is InChI=1S/C5H5Br2NS/c6-4-1-3(2-8)9-5(4)7/h1H,2,8H2. The molecule has 0 unspecified atom stereocenters. The Hall–Kier alpha value is 0.620. The second-order valence-corrected chi connectivity index (χ2v) is 4.85. The van der Waals surface area contributed by atoms with Gasteiger partial charge in [0, 0.05) is 15.9 Å². The van der Waals surface area contributed by atoms with Gasteiger partial charge in [-0.05, 0) is 37.9 Å². The van der Waals surface area contributed by atoms with Crippen LogP contribution in [0.2, 0.25) is 0 Å². The van der Waals surface area contributed by atoms with Gasteiger partial charge in [0.25, 0.3) is 0 Å². The molecule has 0 aromatic carbocycles. The molecule has 4 heteroatoms. The van der Waals surface area contributed by atoms with Gasteiger partial charge in [-0.3, -0.25) is 0 Å². The third-order valence-electron chi connectivity index (χ3n) is 0.897. The number of thiophene rings is 1. The van der Waals surface area contributed by atoms with Crippen LogP contribution in [0.5, 0.6) is 0 Å². The van der Waals surface area contributed by atoms with E-state index in [1.165, 1.54) is 4.88 Å². The smallest absolute Gasteiger partial charge is 0.0843 e. The van der Waals surface area contributed by atoms with Gasteiger partial charge in [-0.15, -0.1) is 11.3 Å². The van der Waals surface area contributed by atoms with Gasteiger partial charge in [0.2, 0.25) is 0 Å². The summed E-state index contributed by atoms with van der Waals surface area (Å²) >= 11 is 8.40. The van der Waals surface area contributed by atoms with Crippen LogP contribution in [0.4, 0.5) is 0 Å². The molecule has 0 spiro atoms. The first-order valence-corrected chi connectivity index (χ1v) is 4.78. The highest BCUT2D eigenvalue weighted by Gasteiger charge is 2.00. The third-order valence-corrected chi connectivity index (χ3v) is 4.18. The number of halogens is 2. The first kappa shape index (κ1) is 7.72. The molecule has 0 atom stereocenters. The van der Waals surface area contributed by atoms with Crippen LogP contribution in [-0.4, -0.2) is 0 Å². The molecule has 2 N–H and O–H groups in total. The van der Waals surface area contributed by atoms with Crippen molar-refractivity contribution in [2.24, 2.45) is 5.73 Å². The van der Waals surface area contributed by atoms with E-state index in [0.29, 0.717) is 6.54 Å². The Labute approximate surface area is 74.5 Å². The Morgan fingerprint density at radius 3 is 2.44 bits per heavy atom. The highest BCUT2D eigenvalue weighted by molar-refractivity contribution is 9.13. The summed E-state index contributed by atoms with van der Waals surface area (Å²) in [4.78, 5) is 1.19. The summed E-state index contributed by atoms with van der Waals surface area (Å²) in [6, 6.07) is 2.02. The molecule has 0 aliphatic carbocycles. The molecule has 0 amide bonds. The zero-order valence-electron chi connectivity index (χ0n) is 4.53. The Morgan fingerprint density at radius 2 is 2.22 bits per heavy atom. The summed E-state index contributed by atoms with van der Waals surface area (Å²) in [6.07, 6.45) is 0. The van der Waals surface area contributed by atoms with Crippen molar-refractivity contribution in [3.05, 3.63) is 19.2 Å². The fraction of sp³-hybridized carbons (Fsp3) is 0.200. The number of hydrogen-bond donors (Lipinski definition) is 1. The lowest BCUT2D eigenvalue weighted by Crippen LogP contribution is -1.91. The van der Waals surface area contributed by atoms with E-state index in [1.807, 2.05) is 6.07 Å². The largest absolute Gasteiger partial charge is 0.326 e. The van der Waals surface area contributed by atoms with Crippen LogP contribution in [0, 0.1) is 0 Å². The van der Waals surface area contributed by atoms with Gasteiger partial charge in [0.15, 0.2) is 0 Å². The van der Waals surface area contributed by atoms with Gasteiger partial charge in [0.05, 0.1) is 3.79 Å². The molecular weight excluding hydrogens is 266 g/mol. The van der Waals surface area contributed by atoms with Crippen LogP contribution < -0.4 is 5.73 Å². The fourth-order valence-corrected chi connectivity index (χ4v) is 2.55. The zero-order valence-corrected chi connectivity index (χ0v) is 8.51. The molecule has 1 aromatic rings. The van der Waals surface area contributed by atoms with Gasteiger partial charge in [-0.1, -0.05) is 0 Å². The molecule has 1 rings (SSSR count). The van der Waals surface area contributed by atoms with E-state index >= 15 is 0 Å². The molecular formula is C5H5Br2NS. The van der Waals surface area contributed by atoms with Crippen molar-refractivity contribution in [1.29, 1.82) is 0 Å². The predicted octanol–water partition coefficient (Wildman–Crippen LogP) is 2.73. The van der Waals surface area contributed by atoms with E-state index < -0.39 is 0 Å². The Bertz CT molecular complexity index is 189. The zero-order chi connectivity index (χ0) is 6.85. The molecule has 0 aliphatic heterocycles. The van der Waals surface area contributed by atoms with E-state index in [-0.39, 0.29) is 0 Å². The highest BCUT2D eigenvalue weighted by atomic mass is 79.9. The average molecular weight is 271 g/mol. The lowest BCUT2D eigenvalue weighted by molar-refractivity contribution is 1.11. The lowest BCUT2D eigenvalue weighted by Gasteiger charge is -1.80. The van der Waals surface area contributed by atoms with Crippen LogP contribution in [0.25, 0.3) is 0 Å². The molecule has 1 heterocycles. The number of hydrogen-bond acceptors (Lipinski definition) is 2. The molecule has 1 aromatic heterocycles. The third kappa shape index (κ3) is 1.77. The fourth-order valence-electron chi connectivity index (χ4n) is 0.492. The highest BCUT2D eigenvalue weighted by Crippen LogP contribution is 2.31. The summed E-state index contributed by atoms with van der Waals surface area (Å²) in [6.45, 7) is 0.620. The Kier molecular flexibility index (Phi) is 2.70. The van der Waals surface area contributed by atoms with Crippen LogP contribution in [-0.2, 0) is 6.54 Å². The monoisotopic (exact) mass is 269 g/mol. The lowest BCUT2D eigenvalue weighted by atomic mass is 10.5. The van der Waals surface area contributed by atoms with Crippen LogP contribution >= 0.6 is 43.2 Å². The minimum Gasteiger partial charge on any atom is -0.326 e. The molecule has 0 saturated carbocycles. The number of nitrogens with two attached hydrogens (primary N) is 1. The van der Waals surface area contributed by atoms with Gasteiger partial charge < -0.3 is 5.73 Å². The van der Waals surface area contributed by atoms with Crippen molar-refractivity contribution in [2.45, 2.75) is 6.54 Å². The topological polar surface area (TPSA) is 26.0 Å². The maximum atomic E-state index is 5.40. The SMILES string of the molecule is NCc1cc(Br)c(Br)s1. The number of rotatable bonds is 1. The Morgan fingerprint density at radius 1 is 1.56 bits per heavy atom.